The van der Waals surface area contributed by atoms with Crippen molar-refractivity contribution in [2.45, 2.75) is 81.9 Å². The van der Waals surface area contributed by atoms with E-state index in [4.69, 9.17) is 58.0 Å². The van der Waals surface area contributed by atoms with Gasteiger partial charge in [0, 0.05) is 136 Å². The summed E-state index contributed by atoms with van der Waals surface area (Å²) in [5.74, 6) is -2.40. The molecule has 0 amide bonds. The van der Waals surface area contributed by atoms with Gasteiger partial charge in [-0.2, -0.15) is 0 Å². The van der Waals surface area contributed by atoms with E-state index in [-0.39, 0.29) is 130 Å². The SMILES string of the molecule is CC(=O)c1ccc(-c2cccc(-c3c(-c4c(C)cccc4C(F)F)c4cc(F)ccc4n3S(=O)(=O)c3ccc(C(F)F)cc3)c2)c(Cl)c1.CC(=O)c1ccc(-c2cccc(-c3c(-c4c(C)cccc4C)c4cc(F)ccc4n3S(=O)(=O)c3ccc(C(F)F)cc3)c2)c(Cl)c1.CC(=O)c1ccc(-c2cccc(-c3c(-c4c(Cl)cccc4Cl)c4cc(F)ccc4n3S(=O)(=O)c3ccc(C(F)F)cc3)c2)c(Cl)c1. The van der Waals surface area contributed by atoms with Crippen LogP contribution in [0.25, 0.3) is 133 Å². The summed E-state index contributed by atoms with van der Waals surface area (Å²) in [4.78, 5) is 35.0. The van der Waals surface area contributed by atoms with Crippen LogP contribution >= 0.6 is 58.0 Å². The Kier molecular flexibility index (Phi) is 28.4. The average molecular weight is 2050 g/mol. The Bertz CT molecular complexity index is 8080. The maximum absolute atomic E-state index is 15.0. The van der Waals surface area contributed by atoms with Gasteiger partial charge in [0.15, 0.2) is 17.3 Å². The topological polar surface area (TPSA) is 168 Å². The molecule has 0 saturated heterocycles. The number of fused-ring (bicyclic) bond motifs is 3. The highest BCUT2D eigenvalue weighted by Crippen LogP contribution is 2.53. The highest BCUT2D eigenvalue weighted by molar-refractivity contribution is 7.91. The van der Waals surface area contributed by atoms with E-state index in [1.165, 1.54) is 79.3 Å². The lowest BCUT2D eigenvalue weighted by atomic mass is 9.90. The van der Waals surface area contributed by atoms with E-state index in [9.17, 15) is 87.9 Å². The first-order valence-electron chi connectivity index (χ1n) is 42.6. The molecule has 0 spiro atoms. The Hall–Kier alpha value is -13.5. The van der Waals surface area contributed by atoms with Crippen LogP contribution in [0.3, 0.4) is 0 Å². The second-order valence-corrected chi connectivity index (χ2v) is 40.2. The van der Waals surface area contributed by atoms with Crippen molar-refractivity contribution in [3.05, 3.63) is 408 Å². The smallest absolute Gasteiger partial charge is 0.268 e. The molecule has 0 N–H and O–H groups in total. The molecule has 0 atom stereocenters. The van der Waals surface area contributed by atoms with Crippen LogP contribution in [-0.4, -0.2) is 54.5 Å². The minimum Gasteiger partial charge on any atom is -0.295 e. The van der Waals surface area contributed by atoms with Crippen molar-refractivity contribution in [1.82, 2.24) is 11.9 Å². The normalized spacial score (nSPS) is 11.9. The molecular formula is C109H73Cl5F11N3O9S3. The fraction of sp³-hybridized carbons (Fsp3) is 0.0917. The van der Waals surface area contributed by atoms with Gasteiger partial charge in [0.25, 0.3) is 55.8 Å². The Labute approximate surface area is 821 Å². The summed E-state index contributed by atoms with van der Waals surface area (Å²) >= 11 is 33.2. The van der Waals surface area contributed by atoms with Crippen molar-refractivity contribution in [2.75, 3.05) is 0 Å². The molecule has 0 aliphatic heterocycles. The molecule has 140 heavy (non-hydrogen) atoms. The molecule has 0 bridgehead atoms. The standard InChI is InChI=1S/C37H25ClF5NO3S.C37H27ClF3NO3S.C35H21Cl3F3NO3S/c1-20-5-3-8-29(37(42)43)33(20)34-30-19-26(39)12-16-32(30)44(48(46,47)27-13-9-22(10-14-27)36(40)41)35(34)25-7-4-6-24(17-25)28-15-11-23(21(2)45)18-31(28)38;1-21-6-4-7-22(2)34(21)35-31-20-28(39)13-17-33(31)42(46(44,45)29-14-10-24(11-15-29)37(40)41)36(35)27-9-5-8-26(18-27)30-16-12-25(23(3)43)19-32(30)38;1-19(43)21-10-14-26(30(38)17-21)22-4-2-5-23(16-22)34-32(33-28(36)6-3-7-29(33)37)27-18-24(39)11-15-31(27)42(34)46(44,45)25-12-8-20(9-13-25)35(40)41/h3-19,36-37H,1-2H3;4-20,37H,1-3H3;2-18,35H,1H3. The number of aryl methyl sites for hydroxylation is 3. The molecule has 0 aliphatic rings. The molecule has 15 aromatic carbocycles. The van der Waals surface area contributed by atoms with E-state index < -0.39 is 84.4 Å². The second kappa shape index (κ2) is 40.0. The fourth-order valence-electron chi connectivity index (χ4n) is 17.2. The van der Waals surface area contributed by atoms with Crippen LogP contribution in [0.15, 0.2) is 324 Å². The molecule has 18 aromatic rings. The Morgan fingerprint density at radius 1 is 0.264 bits per heavy atom. The lowest BCUT2D eigenvalue weighted by Gasteiger charge is -2.18. The van der Waals surface area contributed by atoms with Crippen molar-refractivity contribution in [3.63, 3.8) is 0 Å². The van der Waals surface area contributed by atoms with Crippen molar-refractivity contribution in [2.24, 2.45) is 0 Å². The van der Waals surface area contributed by atoms with Gasteiger partial charge >= 0.3 is 0 Å². The van der Waals surface area contributed by atoms with Gasteiger partial charge in [0.1, 0.15) is 17.5 Å². The van der Waals surface area contributed by atoms with E-state index in [1.54, 1.807) is 146 Å². The first-order valence-corrected chi connectivity index (χ1v) is 48.8. The number of carbonyl (C=O) groups excluding carboxylic acids is 3. The van der Waals surface area contributed by atoms with Crippen LogP contribution in [0.2, 0.25) is 25.1 Å². The highest BCUT2D eigenvalue weighted by atomic mass is 35.5. The molecule has 3 heterocycles. The Morgan fingerprint density at radius 3 is 0.814 bits per heavy atom. The van der Waals surface area contributed by atoms with Crippen LogP contribution in [-0.2, 0) is 30.1 Å². The molecule has 3 aromatic heterocycles. The van der Waals surface area contributed by atoms with Crippen LogP contribution in [0, 0.1) is 38.2 Å². The summed E-state index contributed by atoms with van der Waals surface area (Å²) in [6.07, 6.45) is -11.4. The number of carbonyl (C=O) groups is 3. The van der Waals surface area contributed by atoms with E-state index in [2.05, 4.69) is 0 Å². The number of aromatic nitrogens is 3. The third-order valence-corrected chi connectivity index (χ3v) is 30.6. The van der Waals surface area contributed by atoms with Gasteiger partial charge < -0.3 is 0 Å². The average Bonchev–Trinajstić information content (AvgIpc) is 1.55. The number of ketones is 3. The summed E-state index contributed by atoms with van der Waals surface area (Å²) < 4.78 is 245. The number of rotatable bonds is 22. The summed E-state index contributed by atoms with van der Waals surface area (Å²) in [6.45, 7) is 9.67. The van der Waals surface area contributed by atoms with Crippen molar-refractivity contribution in [3.8, 4) is 101 Å². The molecule has 18 rings (SSSR count). The molecule has 0 fully saturated rings. The third-order valence-electron chi connectivity index (χ3n) is 23.9. The zero-order valence-electron chi connectivity index (χ0n) is 74.0. The van der Waals surface area contributed by atoms with Crippen LogP contribution < -0.4 is 0 Å². The number of Topliss-reactive ketones (excluding diaryl/α,β-unsaturated/α-hetero) is 3. The number of hydrogen-bond donors (Lipinski definition) is 0. The van der Waals surface area contributed by atoms with Gasteiger partial charge in [-0.3, -0.25) is 14.4 Å². The number of hydrogen-bond acceptors (Lipinski definition) is 9. The van der Waals surface area contributed by atoms with E-state index in [1.807, 2.05) is 38.1 Å². The lowest BCUT2D eigenvalue weighted by Crippen LogP contribution is -2.14. The minimum absolute atomic E-state index is 0.0166. The fourth-order valence-corrected chi connectivity index (χ4v) is 23.3. The van der Waals surface area contributed by atoms with Crippen molar-refractivity contribution in [1.29, 1.82) is 0 Å². The van der Waals surface area contributed by atoms with Gasteiger partial charge in [-0.05, 0) is 226 Å². The third kappa shape index (κ3) is 19.2. The maximum Gasteiger partial charge on any atom is 0.268 e. The van der Waals surface area contributed by atoms with Crippen molar-refractivity contribution < 1.29 is 87.9 Å². The highest BCUT2D eigenvalue weighted by Gasteiger charge is 2.37. The second-order valence-electron chi connectivity index (χ2n) is 32.8. The summed E-state index contributed by atoms with van der Waals surface area (Å²) in [7, 11) is -13.6. The first-order chi connectivity index (χ1) is 66.5. The number of halogens is 16. The van der Waals surface area contributed by atoms with Crippen LogP contribution in [0.1, 0.15) is 116 Å². The zero-order chi connectivity index (χ0) is 100. The number of nitrogens with zero attached hydrogens (tertiary/aromatic N) is 3. The molecule has 0 aliphatic carbocycles. The first kappa shape index (κ1) is 99.5. The molecule has 0 unspecified atom stereocenters. The van der Waals surface area contributed by atoms with E-state index >= 15 is 0 Å². The van der Waals surface area contributed by atoms with Crippen LogP contribution in [0.4, 0.5) is 48.3 Å². The van der Waals surface area contributed by atoms with Gasteiger partial charge in [-0.25, -0.2) is 85.5 Å². The molecule has 12 nitrogen and oxygen atoms in total. The monoisotopic (exact) mass is 2050 g/mol. The van der Waals surface area contributed by atoms with Crippen molar-refractivity contribution >= 4 is 138 Å². The molecule has 31 heteroatoms. The molecular weight excluding hydrogens is 1980 g/mol. The predicted molar refractivity (Wildman–Crippen MR) is 531 cm³/mol. The minimum atomic E-state index is -4.64. The predicted octanol–water partition coefficient (Wildman–Crippen LogP) is 32.6. The van der Waals surface area contributed by atoms with Gasteiger partial charge in [-0.1, -0.05) is 228 Å². The summed E-state index contributed by atoms with van der Waals surface area (Å²) in [5.41, 5.74) is 8.96. The quantitative estimate of drug-likeness (QED) is 0.0473. The Morgan fingerprint density at radius 2 is 0.529 bits per heavy atom. The molecule has 0 saturated carbocycles. The molecule has 708 valence electrons. The zero-order valence-corrected chi connectivity index (χ0v) is 80.3. The number of alkyl halides is 8. The molecule has 0 radical (unpaired) electrons. The van der Waals surface area contributed by atoms with Crippen LogP contribution in [0.5, 0.6) is 0 Å². The van der Waals surface area contributed by atoms with Gasteiger partial charge in [0.2, 0.25) is 0 Å². The van der Waals surface area contributed by atoms with Gasteiger partial charge in [0.05, 0.1) is 48.3 Å². The lowest BCUT2D eigenvalue weighted by molar-refractivity contribution is 0.100. The van der Waals surface area contributed by atoms with E-state index in [0.717, 1.165) is 116 Å². The summed E-state index contributed by atoms with van der Waals surface area (Å²) in [5, 5.41) is 1.88. The van der Waals surface area contributed by atoms with E-state index in [0.29, 0.717) is 87.8 Å². The number of benzene rings is 15. The maximum atomic E-state index is 15.0. The van der Waals surface area contributed by atoms with Gasteiger partial charge in [-0.15, -0.1) is 0 Å². The largest absolute Gasteiger partial charge is 0.295 e. The Balaban J connectivity index is 0.000000151. The summed E-state index contributed by atoms with van der Waals surface area (Å²) in [6, 6.07) is 73.7.